The second-order valence-corrected chi connectivity index (χ2v) is 2.08. The summed E-state index contributed by atoms with van der Waals surface area (Å²) >= 11 is 0. The Bertz CT molecular complexity index is 157. The Morgan fingerprint density at radius 2 is 2.30 bits per heavy atom. The number of carbonyl (C=O) groups is 1. The van der Waals surface area contributed by atoms with Crippen molar-refractivity contribution in [1.29, 1.82) is 0 Å². The standard InChI is InChI=1S/C8H12O2/c1-3-7(2)5-4-6-8(9)10/h3,5H,1,4,6H2,2H3,(H,9,10)/b7-5+. The molecule has 0 rings (SSSR count). The van der Waals surface area contributed by atoms with Crippen molar-refractivity contribution < 1.29 is 9.90 Å². The Morgan fingerprint density at radius 1 is 1.70 bits per heavy atom. The monoisotopic (exact) mass is 140 g/mol. The molecule has 0 aliphatic rings. The Labute approximate surface area is 60.9 Å². The fourth-order valence-corrected chi connectivity index (χ4v) is 0.507. The predicted molar refractivity (Wildman–Crippen MR) is 40.8 cm³/mol. The van der Waals surface area contributed by atoms with Crippen LogP contribution in [0.25, 0.3) is 0 Å². The Hall–Kier alpha value is -1.05. The van der Waals surface area contributed by atoms with Gasteiger partial charge in [0, 0.05) is 6.42 Å². The molecule has 0 aromatic carbocycles. The molecule has 0 aromatic heterocycles. The summed E-state index contributed by atoms with van der Waals surface area (Å²) in [4.78, 5) is 10.0. The third-order valence-electron chi connectivity index (χ3n) is 1.15. The van der Waals surface area contributed by atoms with Crippen molar-refractivity contribution in [3.63, 3.8) is 0 Å². The molecule has 0 saturated heterocycles. The molecule has 0 amide bonds. The zero-order valence-electron chi connectivity index (χ0n) is 6.13. The molecule has 0 saturated carbocycles. The highest BCUT2D eigenvalue weighted by atomic mass is 16.4. The molecule has 56 valence electrons. The number of hydrogen-bond donors (Lipinski definition) is 1. The number of allylic oxidation sites excluding steroid dienone is 3. The first-order chi connectivity index (χ1) is 4.66. The summed E-state index contributed by atoms with van der Waals surface area (Å²) < 4.78 is 0. The number of hydrogen-bond acceptors (Lipinski definition) is 1. The first kappa shape index (κ1) is 8.95. The molecule has 10 heavy (non-hydrogen) atoms. The molecular weight excluding hydrogens is 128 g/mol. The third-order valence-corrected chi connectivity index (χ3v) is 1.15. The van der Waals surface area contributed by atoms with Crippen LogP contribution in [0.1, 0.15) is 19.8 Å². The molecule has 0 bridgehead atoms. The maximum atomic E-state index is 10.0. The van der Waals surface area contributed by atoms with E-state index in [1.54, 1.807) is 6.08 Å². The molecule has 2 heteroatoms. The van der Waals surface area contributed by atoms with Crippen molar-refractivity contribution in [2.75, 3.05) is 0 Å². The molecule has 0 fully saturated rings. The summed E-state index contributed by atoms with van der Waals surface area (Å²) in [6.07, 6.45) is 4.36. The topological polar surface area (TPSA) is 37.3 Å². The molecule has 0 radical (unpaired) electrons. The van der Waals surface area contributed by atoms with Gasteiger partial charge in [0.05, 0.1) is 0 Å². The van der Waals surface area contributed by atoms with Crippen LogP contribution in [-0.4, -0.2) is 11.1 Å². The Balaban J connectivity index is 3.52. The van der Waals surface area contributed by atoms with E-state index in [2.05, 4.69) is 6.58 Å². The van der Waals surface area contributed by atoms with E-state index in [1.165, 1.54) is 0 Å². The number of carboxylic acids is 1. The second-order valence-electron chi connectivity index (χ2n) is 2.08. The minimum Gasteiger partial charge on any atom is -0.481 e. The van der Waals surface area contributed by atoms with Gasteiger partial charge in [-0.3, -0.25) is 4.79 Å². The van der Waals surface area contributed by atoms with Crippen LogP contribution in [0, 0.1) is 0 Å². The number of carboxylic acid groups (broad SMARTS) is 1. The summed E-state index contributed by atoms with van der Waals surface area (Å²) in [7, 11) is 0. The molecule has 1 N–H and O–H groups in total. The maximum Gasteiger partial charge on any atom is 0.303 e. The van der Waals surface area contributed by atoms with E-state index in [0.29, 0.717) is 6.42 Å². The normalized spacial score (nSPS) is 11.1. The minimum absolute atomic E-state index is 0.200. The molecule has 0 aliphatic heterocycles. The van der Waals surface area contributed by atoms with E-state index in [9.17, 15) is 4.79 Å². The lowest BCUT2D eigenvalue weighted by Gasteiger charge is -1.89. The van der Waals surface area contributed by atoms with Crippen molar-refractivity contribution in [3.8, 4) is 0 Å². The first-order valence-electron chi connectivity index (χ1n) is 3.18. The van der Waals surface area contributed by atoms with Crippen LogP contribution in [0.5, 0.6) is 0 Å². The minimum atomic E-state index is -0.756. The van der Waals surface area contributed by atoms with Gasteiger partial charge >= 0.3 is 5.97 Å². The largest absolute Gasteiger partial charge is 0.481 e. The quantitative estimate of drug-likeness (QED) is 0.606. The number of aliphatic carboxylic acids is 1. The highest BCUT2D eigenvalue weighted by molar-refractivity contribution is 5.66. The van der Waals surface area contributed by atoms with Gasteiger partial charge in [-0.25, -0.2) is 0 Å². The van der Waals surface area contributed by atoms with Gasteiger partial charge in [0.2, 0.25) is 0 Å². The second kappa shape index (κ2) is 4.79. The number of rotatable bonds is 4. The smallest absolute Gasteiger partial charge is 0.303 e. The fraction of sp³-hybridized carbons (Fsp3) is 0.375. The van der Waals surface area contributed by atoms with Gasteiger partial charge in [0.1, 0.15) is 0 Å². The van der Waals surface area contributed by atoms with Gasteiger partial charge < -0.3 is 5.11 Å². The average molecular weight is 140 g/mol. The lowest BCUT2D eigenvalue weighted by molar-refractivity contribution is -0.136. The molecule has 0 aliphatic carbocycles. The van der Waals surface area contributed by atoms with E-state index in [-0.39, 0.29) is 6.42 Å². The summed E-state index contributed by atoms with van der Waals surface area (Å²) in [6, 6.07) is 0. The van der Waals surface area contributed by atoms with Crippen molar-refractivity contribution in [3.05, 3.63) is 24.3 Å². The van der Waals surface area contributed by atoms with Gasteiger partial charge in [-0.15, -0.1) is 0 Å². The fourth-order valence-electron chi connectivity index (χ4n) is 0.507. The van der Waals surface area contributed by atoms with E-state index in [1.807, 2.05) is 13.0 Å². The summed E-state index contributed by atoms with van der Waals surface area (Å²) in [6.45, 7) is 5.44. The Morgan fingerprint density at radius 3 is 2.70 bits per heavy atom. The Kier molecular flexibility index (Phi) is 4.29. The van der Waals surface area contributed by atoms with Gasteiger partial charge in [0.15, 0.2) is 0 Å². The van der Waals surface area contributed by atoms with Crippen molar-refractivity contribution >= 4 is 5.97 Å². The van der Waals surface area contributed by atoms with E-state index in [0.717, 1.165) is 5.57 Å². The first-order valence-corrected chi connectivity index (χ1v) is 3.18. The van der Waals surface area contributed by atoms with Crippen LogP contribution in [-0.2, 0) is 4.79 Å². The van der Waals surface area contributed by atoms with Crippen molar-refractivity contribution in [1.82, 2.24) is 0 Å². The van der Waals surface area contributed by atoms with Crippen molar-refractivity contribution in [2.45, 2.75) is 19.8 Å². The zero-order chi connectivity index (χ0) is 7.98. The van der Waals surface area contributed by atoms with E-state index >= 15 is 0 Å². The molecule has 0 unspecified atom stereocenters. The van der Waals surface area contributed by atoms with Gasteiger partial charge in [-0.1, -0.05) is 24.3 Å². The maximum absolute atomic E-state index is 10.0. The molecule has 0 atom stereocenters. The SMILES string of the molecule is C=C/C(C)=C/CCC(=O)O. The predicted octanol–water partition coefficient (Wildman–Crippen LogP) is 1.98. The van der Waals surface area contributed by atoms with Crippen LogP contribution in [0.2, 0.25) is 0 Å². The van der Waals surface area contributed by atoms with Crippen LogP contribution >= 0.6 is 0 Å². The van der Waals surface area contributed by atoms with Gasteiger partial charge in [-0.2, -0.15) is 0 Å². The average Bonchev–Trinajstić information content (AvgIpc) is 1.87. The molecular formula is C8H12O2. The summed E-state index contributed by atoms with van der Waals surface area (Å²) in [5.74, 6) is -0.756. The van der Waals surface area contributed by atoms with Gasteiger partial charge in [0.25, 0.3) is 0 Å². The summed E-state index contributed by atoms with van der Waals surface area (Å²) in [5.41, 5.74) is 1.03. The van der Waals surface area contributed by atoms with E-state index < -0.39 is 5.97 Å². The molecule has 0 aromatic rings. The zero-order valence-corrected chi connectivity index (χ0v) is 6.13. The van der Waals surface area contributed by atoms with Crippen LogP contribution < -0.4 is 0 Å². The molecule has 0 spiro atoms. The van der Waals surface area contributed by atoms with Crippen LogP contribution in [0.4, 0.5) is 0 Å². The highest BCUT2D eigenvalue weighted by Gasteiger charge is 1.91. The molecule has 0 heterocycles. The highest BCUT2D eigenvalue weighted by Crippen LogP contribution is 1.98. The summed E-state index contributed by atoms with van der Waals surface area (Å²) in [5, 5.41) is 8.24. The van der Waals surface area contributed by atoms with E-state index in [4.69, 9.17) is 5.11 Å². The van der Waals surface area contributed by atoms with Crippen LogP contribution in [0.3, 0.4) is 0 Å². The third kappa shape index (κ3) is 5.09. The van der Waals surface area contributed by atoms with Crippen LogP contribution in [0.15, 0.2) is 24.3 Å². The molecule has 2 nitrogen and oxygen atoms in total. The lowest BCUT2D eigenvalue weighted by atomic mass is 10.2. The van der Waals surface area contributed by atoms with Crippen molar-refractivity contribution in [2.24, 2.45) is 0 Å². The van der Waals surface area contributed by atoms with Gasteiger partial charge in [-0.05, 0) is 13.3 Å². The lowest BCUT2D eigenvalue weighted by Crippen LogP contribution is -1.91.